The molecular formula is C7H6F3IN2O2. The van der Waals surface area contributed by atoms with Crippen LogP contribution >= 0.6 is 22.6 Å². The number of ether oxygens (including phenoxy) is 1. The van der Waals surface area contributed by atoms with Gasteiger partial charge in [0.25, 0.3) is 5.56 Å². The fraction of sp³-hybridized carbons (Fsp3) is 0.429. The van der Waals surface area contributed by atoms with E-state index in [2.05, 4.69) is 9.72 Å². The summed E-state index contributed by atoms with van der Waals surface area (Å²) in [6.07, 6.45) is -2.16. The van der Waals surface area contributed by atoms with Crippen LogP contribution in [0.15, 0.2) is 17.3 Å². The molecule has 8 heteroatoms. The Labute approximate surface area is 96.2 Å². The van der Waals surface area contributed by atoms with Crippen molar-refractivity contribution >= 4 is 22.6 Å². The van der Waals surface area contributed by atoms with Gasteiger partial charge in [-0.25, -0.2) is 4.98 Å². The molecular weight excluding hydrogens is 328 g/mol. The van der Waals surface area contributed by atoms with E-state index in [1.165, 1.54) is 12.5 Å². The van der Waals surface area contributed by atoms with E-state index < -0.39 is 13.0 Å². The van der Waals surface area contributed by atoms with E-state index in [9.17, 15) is 18.0 Å². The van der Waals surface area contributed by atoms with Crippen molar-refractivity contribution < 1.29 is 17.9 Å². The number of hydrogen-bond acceptors (Lipinski definition) is 3. The molecule has 4 nitrogen and oxygen atoms in total. The van der Waals surface area contributed by atoms with E-state index in [0.29, 0.717) is 3.57 Å². The second-order valence-electron chi connectivity index (χ2n) is 2.53. The van der Waals surface area contributed by atoms with Gasteiger partial charge in [0.2, 0.25) is 0 Å². The van der Waals surface area contributed by atoms with Crippen LogP contribution < -0.4 is 5.56 Å². The molecule has 0 bridgehead atoms. The van der Waals surface area contributed by atoms with E-state index in [1.807, 2.05) is 0 Å². The van der Waals surface area contributed by atoms with Gasteiger partial charge in [0, 0.05) is 6.20 Å². The number of alkyl halides is 3. The number of rotatable bonds is 3. The molecule has 0 radical (unpaired) electrons. The standard InChI is InChI=1S/C7H6F3IN2O2/c8-7(9,10)15-2-1-13-4-12-3-5(11)6(13)14/h3-4H,1-2H2. The summed E-state index contributed by atoms with van der Waals surface area (Å²) in [5.41, 5.74) is -0.378. The molecule has 15 heavy (non-hydrogen) atoms. The lowest BCUT2D eigenvalue weighted by atomic mass is 10.6. The van der Waals surface area contributed by atoms with Crippen LogP contribution in [0.5, 0.6) is 0 Å². The summed E-state index contributed by atoms with van der Waals surface area (Å²) in [5.74, 6) is 0. The molecule has 1 aromatic rings. The van der Waals surface area contributed by atoms with Crippen molar-refractivity contribution in [3.05, 3.63) is 26.4 Å². The fourth-order valence-corrected chi connectivity index (χ4v) is 1.31. The van der Waals surface area contributed by atoms with Gasteiger partial charge < -0.3 is 0 Å². The number of aromatic nitrogens is 2. The molecule has 84 valence electrons. The second-order valence-corrected chi connectivity index (χ2v) is 3.70. The maximum absolute atomic E-state index is 11.6. The lowest BCUT2D eigenvalue weighted by molar-refractivity contribution is -0.325. The van der Waals surface area contributed by atoms with Crippen LogP contribution in [-0.2, 0) is 11.3 Å². The predicted octanol–water partition coefficient (Wildman–Crippen LogP) is 1.38. The first kappa shape index (κ1) is 12.4. The van der Waals surface area contributed by atoms with E-state index in [4.69, 9.17) is 0 Å². The van der Waals surface area contributed by atoms with Gasteiger partial charge in [-0.1, -0.05) is 0 Å². The zero-order valence-corrected chi connectivity index (χ0v) is 9.45. The second kappa shape index (κ2) is 4.92. The minimum atomic E-state index is -4.67. The van der Waals surface area contributed by atoms with Gasteiger partial charge in [-0.2, -0.15) is 0 Å². The van der Waals surface area contributed by atoms with Crippen LogP contribution in [0.3, 0.4) is 0 Å². The van der Waals surface area contributed by atoms with E-state index in [-0.39, 0.29) is 12.1 Å². The van der Waals surface area contributed by atoms with Crippen molar-refractivity contribution in [2.75, 3.05) is 6.61 Å². The molecule has 0 unspecified atom stereocenters. The average Bonchev–Trinajstić information content (AvgIpc) is 2.10. The lowest BCUT2D eigenvalue weighted by Gasteiger charge is -2.08. The lowest BCUT2D eigenvalue weighted by Crippen LogP contribution is -2.26. The molecule has 0 aromatic carbocycles. The van der Waals surface area contributed by atoms with Gasteiger partial charge in [0.1, 0.15) is 0 Å². The zero-order chi connectivity index (χ0) is 11.5. The van der Waals surface area contributed by atoms with E-state index >= 15 is 0 Å². The number of hydrogen-bond donors (Lipinski definition) is 0. The molecule has 1 aromatic heterocycles. The summed E-state index contributed by atoms with van der Waals surface area (Å²) in [7, 11) is 0. The van der Waals surface area contributed by atoms with E-state index in [1.54, 1.807) is 22.6 Å². The first-order chi connectivity index (χ1) is 6.90. The van der Waals surface area contributed by atoms with Crippen molar-refractivity contribution in [3.8, 4) is 0 Å². The topological polar surface area (TPSA) is 44.1 Å². The Morgan fingerprint density at radius 2 is 2.20 bits per heavy atom. The maximum atomic E-state index is 11.6. The third-order valence-corrected chi connectivity index (χ3v) is 2.20. The average molecular weight is 334 g/mol. The molecule has 0 spiro atoms. The van der Waals surface area contributed by atoms with Crippen molar-refractivity contribution in [2.24, 2.45) is 0 Å². The highest BCUT2D eigenvalue weighted by Crippen LogP contribution is 2.15. The van der Waals surface area contributed by atoms with Crippen LogP contribution in [0.2, 0.25) is 0 Å². The summed E-state index contributed by atoms with van der Waals surface area (Å²) in [6, 6.07) is 0. The third kappa shape index (κ3) is 4.16. The molecule has 0 aliphatic heterocycles. The summed E-state index contributed by atoms with van der Waals surface area (Å²) in [6.45, 7) is -0.784. The minimum Gasteiger partial charge on any atom is -0.296 e. The highest BCUT2D eigenvalue weighted by atomic mass is 127. The molecule has 0 amide bonds. The summed E-state index contributed by atoms with van der Waals surface area (Å²) < 4.78 is 39.8. The molecule has 1 rings (SSSR count). The predicted molar refractivity (Wildman–Crippen MR) is 53.2 cm³/mol. The van der Waals surface area contributed by atoms with Crippen molar-refractivity contribution in [1.82, 2.24) is 9.55 Å². The van der Waals surface area contributed by atoms with Crippen molar-refractivity contribution in [2.45, 2.75) is 12.9 Å². The Kier molecular flexibility index (Phi) is 4.08. The smallest absolute Gasteiger partial charge is 0.296 e. The van der Waals surface area contributed by atoms with Crippen LogP contribution in [0.25, 0.3) is 0 Å². The Balaban J connectivity index is 2.59. The Morgan fingerprint density at radius 1 is 1.53 bits per heavy atom. The molecule has 1 heterocycles. The highest BCUT2D eigenvalue weighted by Gasteiger charge is 2.28. The van der Waals surface area contributed by atoms with Crippen LogP contribution in [0.1, 0.15) is 0 Å². The fourth-order valence-electron chi connectivity index (χ4n) is 0.843. The number of halogens is 4. The van der Waals surface area contributed by atoms with Gasteiger partial charge in [-0.05, 0) is 22.6 Å². The van der Waals surface area contributed by atoms with Crippen LogP contribution in [-0.4, -0.2) is 22.5 Å². The number of nitrogens with zero attached hydrogens (tertiary/aromatic N) is 2. The van der Waals surface area contributed by atoms with E-state index in [0.717, 1.165) is 4.57 Å². The molecule has 0 aliphatic carbocycles. The molecule has 0 atom stereocenters. The first-order valence-electron chi connectivity index (χ1n) is 3.81. The summed E-state index contributed by atoms with van der Waals surface area (Å²) in [4.78, 5) is 15.0. The SMILES string of the molecule is O=c1c(I)cncn1CCOC(F)(F)F. The molecule has 0 saturated heterocycles. The third-order valence-electron chi connectivity index (χ3n) is 1.46. The minimum absolute atomic E-state index is 0.178. The van der Waals surface area contributed by atoms with Gasteiger partial charge >= 0.3 is 6.36 Å². The van der Waals surface area contributed by atoms with Crippen LogP contribution in [0, 0.1) is 3.57 Å². The summed E-state index contributed by atoms with van der Waals surface area (Å²) >= 11 is 1.76. The normalized spacial score (nSPS) is 11.7. The van der Waals surface area contributed by atoms with Crippen LogP contribution in [0.4, 0.5) is 13.2 Å². The molecule has 0 aliphatic rings. The molecule has 0 N–H and O–H groups in total. The molecule has 0 saturated carbocycles. The largest absolute Gasteiger partial charge is 0.522 e. The Morgan fingerprint density at radius 3 is 2.80 bits per heavy atom. The maximum Gasteiger partial charge on any atom is 0.522 e. The first-order valence-corrected chi connectivity index (χ1v) is 4.88. The van der Waals surface area contributed by atoms with Gasteiger partial charge in [0.15, 0.2) is 0 Å². The Hall–Kier alpha value is -0.640. The summed E-state index contributed by atoms with van der Waals surface area (Å²) in [5, 5.41) is 0. The quantitative estimate of drug-likeness (QED) is 0.785. The highest BCUT2D eigenvalue weighted by molar-refractivity contribution is 14.1. The Bertz CT molecular complexity index is 391. The van der Waals surface area contributed by atoms with Gasteiger partial charge in [-0.3, -0.25) is 14.1 Å². The van der Waals surface area contributed by atoms with Crippen molar-refractivity contribution in [1.29, 1.82) is 0 Å². The van der Waals surface area contributed by atoms with Crippen molar-refractivity contribution in [3.63, 3.8) is 0 Å². The molecule has 0 fully saturated rings. The van der Waals surface area contributed by atoms with Gasteiger partial charge in [-0.15, -0.1) is 13.2 Å². The zero-order valence-electron chi connectivity index (χ0n) is 7.29. The monoisotopic (exact) mass is 334 g/mol. The van der Waals surface area contributed by atoms with Gasteiger partial charge in [0.05, 0.1) is 23.0 Å².